The standard InChI is InChI=1S/C23H38N6O2/c1-17-16-24-21(29-14-12-28(13-15-29)20(31)23(5,6)7)25-18(17)26-8-10-27(11-9-26)19(30)22(2,3)4/h16H,8-15H2,1-7H3. The Morgan fingerprint density at radius 1 is 0.742 bits per heavy atom. The molecule has 2 aliphatic heterocycles. The van der Waals surface area contributed by atoms with Crippen LogP contribution in [0, 0.1) is 17.8 Å². The maximum atomic E-state index is 12.6. The summed E-state index contributed by atoms with van der Waals surface area (Å²) in [5.41, 5.74) is 0.337. The van der Waals surface area contributed by atoms with Crippen LogP contribution in [0.4, 0.5) is 11.8 Å². The second kappa shape index (κ2) is 8.63. The fourth-order valence-corrected chi connectivity index (χ4v) is 4.08. The summed E-state index contributed by atoms with van der Waals surface area (Å²) in [4.78, 5) is 42.9. The van der Waals surface area contributed by atoms with Crippen LogP contribution in [0.1, 0.15) is 47.1 Å². The Morgan fingerprint density at radius 2 is 1.16 bits per heavy atom. The first-order valence-corrected chi connectivity index (χ1v) is 11.3. The van der Waals surface area contributed by atoms with Crippen LogP contribution in [0.15, 0.2) is 6.20 Å². The molecule has 0 spiro atoms. The number of hydrogen-bond donors (Lipinski definition) is 0. The van der Waals surface area contributed by atoms with E-state index in [0.717, 1.165) is 43.5 Å². The number of carbonyl (C=O) groups is 2. The molecule has 0 bridgehead atoms. The lowest BCUT2D eigenvalue weighted by molar-refractivity contribution is -0.140. The van der Waals surface area contributed by atoms with Crippen molar-refractivity contribution in [2.75, 3.05) is 62.2 Å². The molecule has 0 aliphatic carbocycles. The molecule has 2 aliphatic rings. The van der Waals surface area contributed by atoms with Gasteiger partial charge in [0.05, 0.1) is 0 Å². The minimum absolute atomic E-state index is 0.195. The smallest absolute Gasteiger partial charge is 0.228 e. The zero-order valence-electron chi connectivity index (χ0n) is 20.2. The van der Waals surface area contributed by atoms with E-state index in [-0.39, 0.29) is 22.6 Å². The van der Waals surface area contributed by atoms with Crippen LogP contribution >= 0.6 is 0 Å². The lowest BCUT2D eigenvalue weighted by Crippen LogP contribution is -2.52. The number of rotatable bonds is 2. The van der Waals surface area contributed by atoms with Gasteiger partial charge in [0.2, 0.25) is 17.8 Å². The molecule has 3 heterocycles. The third-order valence-corrected chi connectivity index (χ3v) is 5.93. The molecule has 1 aromatic heterocycles. The van der Waals surface area contributed by atoms with Gasteiger partial charge < -0.3 is 19.6 Å². The number of anilines is 2. The topological polar surface area (TPSA) is 72.9 Å². The average molecular weight is 431 g/mol. The molecular formula is C23H38N6O2. The number of carbonyl (C=O) groups excluding carboxylic acids is 2. The summed E-state index contributed by atoms with van der Waals surface area (Å²) >= 11 is 0. The van der Waals surface area contributed by atoms with E-state index in [9.17, 15) is 9.59 Å². The van der Waals surface area contributed by atoms with E-state index in [2.05, 4.69) is 14.8 Å². The van der Waals surface area contributed by atoms with Gasteiger partial charge in [-0.2, -0.15) is 4.98 Å². The Morgan fingerprint density at radius 3 is 1.58 bits per heavy atom. The maximum absolute atomic E-state index is 12.6. The Labute approximate surface area is 186 Å². The normalized spacial score (nSPS) is 18.4. The summed E-state index contributed by atoms with van der Waals surface area (Å²) in [6.07, 6.45) is 1.89. The van der Waals surface area contributed by atoms with E-state index in [1.54, 1.807) is 0 Å². The highest BCUT2D eigenvalue weighted by Crippen LogP contribution is 2.25. The van der Waals surface area contributed by atoms with Crippen molar-refractivity contribution in [1.82, 2.24) is 19.8 Å². The molecule has 0 aromatic carbocycles. The first-order valence-electron chi connectivity index (χ1n) is 11.3. The number of aryl methyl sites for hydroxylation is 1. The third-order valence-electron chi connectivity index (χ3n) is 5.93. The van der Waals surface area contributed by atoms with Crippen LogP contribution < -0.4 is 9.80 Å². The molecule has 0 N–H and O–H groups in total. The predicted molar refractivity (Wildman–Crippen MR) is 123 cm³/mol. The zero-order valence-corrected chi connectivity index (χ0v) is 20.2. The molecule has 2 amide bonds. The number of amides is 2. The Balaban J connectivity index is 1.64. The van der Waals surface area contributed by atoms with Gasteiger partial charge in [-0.05, 0) is 6.92 Å². The second-order valence-electron chi connectivity index (χ2n) is 10.7. The predicted octanol–water partition coefficient (Wildman–Crippen LogP) is 2.17. The van der Waals surface area contributed by atoms with E-state index in [1.165, 1.54) is 0 Å². The maximum Gasteiger partial charge on any atom is 0.228 e. The van der Waals surface area contributed by atoms with Gasteiger partial charge in [0, 0.05) is 74.9 Å². The highest BCUT2D eigenvalue weighted by atomic mass is 16.2. The lowest BCUT2D eigenvalue weighted by atomic mass is 9.94. The van der Waals surface area contributed by atoms with Crippen molar-refractivity contribution in [3.05, 3.63) is 11.8 Å². The van der Waals surface area contributed by atoms with Crippen LogP contribution in [-0.4, -0.2) is 83.9 Å². The molecule has 2 fully saturated rings. The van der Waals surface area contributed by atoms with E-state index in [0.29, 0.717) is 26.2 Å². The summed E-state index contributed by atoms with van der Waals surface area (Å²) in [7, 11) is 0. The summed E-state index contributed by atoms with van der Waals surface area (Å²) in [5.74, 6) is 2.06. The molecule has 8 heteroatoms. The van der Waals surface area contributed by atoms with Gasteiger partial charge in [-0.3, -0.25) is 9.59 Å². The summed E-state index contributed by atoms with van der Waals surface area (Å²) in [6.45, 7) is 19.6. The second-order valence-corrected chi connectivity index (χ2v) is 10.7. The summed E-state index contributed by atoms with van der Waals surface area (Å²) in [5, 5.41) is 0. The Kier molecular flexibility index (Phi) is 6.48. The highest BCUT2D eigenvalue weighted by Gasteiger charge is 2.32. The van der Waals surface area contributed by atoms with Crippen molar-refractivity contribution in [1.29, 1.82) is 0 Å². The fourth-order valence-electron chi connectivity index (χ4n) is 4.08. The van der Waals surface area contributed by atoms with Gasteiger partial charge >= 0.3 is 0 Å². The van der Waals surface area contributed by atoms with Crippen molar-refractivity contribution in [3.8, 4) is 0 Å². The van der Waals surface area contributed by atoms with Crippen molar-refractivity contribution in [3.63, 3.8) is 0 Å². The van der Waals surface area contributed by atoms with Crippen LogP contribution in [0.2, 0.25) is 0 Å². The highest BCUT2D eigenvalue weighted by molar-refractivity contribution is 5.82. The molecular weight excluding hydrogens is 392 g/mol. The third kappa shape index (κ3) is 5.28. The van der Waals surface area contributed by atoms with E-state index in [4.69, 9.17) is 4.98 Å². The molecule has 0 atom stereocenters. The molecule has 1 aromatic rings. The minimum atomic E-state index is -0.355. The molecule has 8 nitrogen and oxygen atoms in total. The number of hydrogen-bond acceptors (Lipinski definition) is 6. The summed E-state index contributed by atoms with van der Waals surface area (Å²) < 4.78 is 0. The Hall–Kier alpha value is -2.38. The minimum Gasteiger partial charge on any atom is -0.353 e. The molecule has 0 unspecified atom stereocenters. The molecule has 2 saturated heterocycles. The SMILES string of the molecule is Cc1cnc(N2CCN(C(=O)C(C)(C)C)CC2)nc1N1CCN(C(=O)C(C)(C)C)CC1. The van der Waals surface area contributed by atoms with Crippen molar-refractivity contribution in [2.45, 2.75) is 48.5 Å². The zero-order chi connectivity index (χ0) is 23.0. The quantitative estimate of drug-likeness (QED) is 0.716. The Bertz CT molecular complexity index is 810. The van der Waals surface area contributed by atoms with Gasteiger partial charge in [-0.1, -0.05) is 41.5 Å². The molecule has 172 valence electrons. The van der Waals surface area contributed by atoms with Crippen molar-refractivity contribution in [2.24, 2.45) is 10.8 Å². The van der Waals surface area contributed by atoms with Gasteiger partial charge in [0.1, 0.15) is 5.82 Å². The van der Waals surface area contributed by atoms with Crippen LogP contribution in [0.5, 0.6) is 0 Å². The van der Waals surface area contributed by atoms with Crippen molar-refractivity contribution >= 4 is 23.6 Å². The van der Waals surface area contributed by atoms with Crippen LogP contribution in [0.3, 0.4) is 0 Å². The number of piperazine rings is 2. The monoisotopic (exact) mass is 430 g/mol. The van der Waals surface area contributed by atoms with E-state index in [1.807, 2.05) is 64.5 Å². The first-order chi connectivity index (χ1) is 14.4. The molecule has 31 heavy (non-hydrogen) atoms. The molecule has 0 radical (unpaired) electrons. The number of aromatic nitrogens is 2. The van der Waals surface area contributed by atoms with Gasteiger partial charge in [0.25, 0.3) is 0 Å². The van der Waals surface area contributed by atoms with Crippen LogP contribution in [-0.2, 0) is 9.59 Å². The first kappa shape index (κ1) is 23.3. The van der Waals surface area contributed by atoms with Gasteiger partial charge in [-0.15, -0.1) is 0 Å². The van der Waals surface area contributed by atoms with Gasteiger partial charge in [0.15, 0.2) is 0 Å². The number of nitrogens with zero attached hydrogens (tertiary/aromatic N) is 6. The molecule has 3 rings (SSSR count). The van der Waals surface area contributed by atoms with E-state index < -0.39 is 0 Å². The largest absolute Gasteiger partial charge is 0.353 e. The lowest BCUT2D eigenvalue weighted by Gasteiger charge is -2.39. The average Bonchev–Trinajstić information content (AvgIpc) is 2.72. The van der Waals surface area contributed by atoms with Crippen molar-refractivity contribution < 1.29 is 9.59 Å². The molecule has 0 saturated carbocycles. The summed E-state index contributed by atoms with van der Waals surface area (Å²) in [6, 6.07) is 0. The van der Waals surface area contributed by atoms with E-state index >= 15 is 0 Å². The fraction of sp³-hybridized carbons (Fsp3) is 0.739. The van der Waals surface area contributed by atoms with Crippen LogP contribution in [0.25, 0.3) is 0 Å². The van der Waals surface area contributed by atoms with Gasteiger partial charge in [-0.25, -0.2) is 4.98 Å².